The largest absolute Gasteiger partial charge is 0.480 e. The Bertz CT molecular complexity index is 1020. The van der Waals surface area contributed by atoms with Crippen LogP contribution in [0.25, 0.3) is 6.08 Å². The molecule has 154 valence electrons. The van der Waals surface area contributed by atoms with Gasteiger partial charge in [0.05, 0.1) is 0 Å². The van der Waals surface area contributed by atoms with Gasteiger partial charge in [-0.05, 0) is 48.7 Å². The SMILES string of the molecule is O=C(NC(=Cc1ccc2c(c1)OCO2)C(=O)N1CCCC1C(=O)O)c1ccccc1. The van der Waals surface area contributed by atoms with Crippen molar-refractivity contribution in [1.82, 2.24) is 10.2 Å². The Morgan fingerprint density at radius 2 is 1.83 bits per heavy atom. The van der Waals surface area contributed by atoms with Gasteiger partial charge in [-0.2, -0.15) is 0 Å². The molecule has 0 aromatic heterocycles. The first-order valence-electron chi connectivity index (χ1n) is 9.54. The highest BCUT2D eigenvalue weighted by molar-refractivity contribution is 6.06. The van der Waals surface area contributed by atoms with Crippen LogP contribution in [-0.2, 0) is 9.59 Å². The number of likely N-dealkylation sites (tertiary alicyclic amines) is 1. The van der Waals surface area contributed by atoms with Crippen molar-refractivity contribution in [3.8, 4) is 11.5 Å². The predicted octanol–water partition coefficient (Wildman–Crippen LogP) is 2.26. The Morgan fingerprint density at radius 3 is 2.60 bits per heavy atom. The molecule has 2 aromatic carbocycles. The lowest BCUT2D eigenvalue weighted by Crippen LogP contribution is -2.44. The number of fused-ring (bicyclic) bond motifs is 1. The second-order valence-corrected chi connectivity index (χ2v) is 6.99. The normalized spacial score (nSPS) is 17.7. The number of hydrogen-bond acceptors (Lipinski definition) is 5. The average Bonchev–Trinajstić information content (AvgIpc) is 3.42. The quantitative estimate of drug-likeness (QED) is 0.736. The molecule has 2 amide bonds. The average molecular weight is 408 g/mol. The van der Waals surface area contributed by atoms with Crippen LogP contribution in [0.15, 0.2) is 54.2 Å². The van der Waals surface area contributed by atoms with E-state index in [1.807, 2.05) is 0 Å². The van der Waals surface area contributed by atoms with E-state index in [2.05, 4.69) is 5.32 Å². The van der Waals surface area contributed by atoms with Gasteiger partial charge >= 0.3 is 5.97 Å². The van der Waals surface area contributed by atoms with E-state index >= 15 is 0 Å². The van der Waals surface area contributed by atoms with E-state index in [1.165, 1.54) is 11.0 Å². The van der Waals surface area contributed by atoms with Crippen molar-refractivity contribution in [3.63, 3.8) is 0 Å². The monoisotopic (exact) mass is 408 g/mol. The summed E-state index contributed by atoms with van der Waals surface area (Å²) >= 11 is 0. The molecular weight excluding hydrogens is 388 g/mol. The zero-order valence-electron chi connectivity index (χ0n) is 16.0. The molecule has 1 unspecified atom stereocenters. The fourth-order valence-corrected chi connectivity index (χ4v) is 3.53. The second kappa shape index (κ2) is 8.28. The molecule has 0 spiro atoms. The smallest absolute Gasteiger partial charge is 0.326 e. The van der Waals surface area contributed by atoms with Crippen LogP contribution < -0.4 is 14.8 Å². The third kappa shape index (κ3) is 3.98. The highest BCUT2D eigenvalue weighted by Gasteiger charge is 2.35. The summed E-state index contributed by atoms with van der Waals surface area (Å²) in [7, 11) is 0. The number of nitrogens with one attached hydrogen (secondary N) is 1. The van der Waals surface area contributed by atoms with E-state index in [-0.39, 0.29) is 12.5 Å². The number of aliphatic carboxylic acids is 1. The maximum atomic E-state index is 13.2. The van der Waals surface area contributed by atoms with Crippen LogP contribution in [-0.4, -0.2) is 47.2 Å². The minimum atomic E-state index is -1.06. The minimum Gasteiger partial charge on any atom is -0.480 e. The molecule has 0 radical (unpaired) electrons. The van der Waals surface area contributed by atoms with Crippen LogP contribution in [0.3, 0.4) is 0 Å². The lowest BCUT2D eigenvalue weighted by Gasteiger charge is -2.23. The number of carboxylic acid groups (broad SMARTS) is 1. The van der Waals surface area contributed by atoms with Crippen LogP contribution in [0, 0.1) is 0 Å². The first-order chi connectivity index (χ1) is 14.5. The number of benzene rings is 2. The number of carbonyl (C=O) groups excluding carboxylic acids is 2. The Morgan fingerprint density at radius 1 is 1.07 bits per heavy atom. The van der Waals surface area contributed by atoms with Gasteiger partial charge in [-0.25, -0.2) is 4.79 Å². The molecule has 2 heterocycles. The summed E-state index contributed by atoms with van der Waals surface area (Å²) in [5.41, 5.74) is 0.996. The number of ether oxygens (including phenoxy) is 2. The first-order valence-corrected chi connectivity index (χ1v) is 9.54. The third-order valence-electron chi connectivity index (χ3n) is 5.02. The van der Waals surface area contributed by atoms with Gasteiger partial charge in [-0.1, -0.05) is 24.3 Å². The molecule has 1 fully saturated rings. The summed E-state index contributed by atoms with van der Waals surface area (Å²) in [5, 5.41) is 12.1. The number of carbonyl (C=O) groups is 3. The summed E-state index contributed by atoms with van der Waals surface area (Å²) in [6, 6.07) is 12.7. The van der Waals surface area contributed by atoms with Crippen molar-refractivity contribution in [1.29, 1.82) is 0 Å². The van der Waals surface area contributed by atoms with Gasteiger partial charge in [0.25, 0.3) is 11.8 Å². The number of rotatable bonds is 5. The Balaban J connectivity index is 1.66. The van der Waals surface area contributed by atoms with Crippen LogP contribution in [0.4, 0.5) is 0 Å². The predicted molar refractivity (Wildman–Crippen MR) is 107 cm³/mol. The van der Waals surface area contributed by atoms with Gasteiger partial charge in [-0.15, -0.1) is 0 Å². The Hall–Kier alpha value is -3.81. The van der Waals surface area contributed by atoms with E-state index < -0.39 is 23.8 Å². The third-order valence-corrected chi connectivity index (χ3v) is 5.02. The number of hydrogen-bond donors (Lipinski definition) is 2. The molecule has 0 bridgehead atoms. The van der Waals surface area contributed by atoms with Crippen molar-refractivity contribution in [2.75, 3.05) is 13.3 Å². The van der Waals surface area contributed by atoms with Gasteiger partial charge in [0.2, 0.25) is 6.79 Å². The Kier molecular flexibility index (Phi) is 5.38. The van der Waals surface area contributed by atoms with E-state index in [0.717, 1.165) is 0 Å². The molecule has 2 aliphatic rings. The lowest BCUT2D eigenvalue weighted by molar-refractivity contribution is -0.146. The second-order valence-electron chi connectivity index (χ2n) is 6.99. The maximum absolute atomic E-state index is 13.2. The molecule has 0 aliphatic carbocycles. The van der Waals surface area contributed by atoms with Gasteiger partial charge in [0.1, 0.15) is 11.7 Å². The highest BCUT2D eigenvalue weighted by atomic mass is 16.7. The summed E-state index contributed by atoms with van der Waals surface area (Å²) in [6.07, 6.45) is 2.49. The van der Waals surface area contributed by atoms with E-state index in [0.29, 0.717) is 42.0 Å². The summed E-state index contributed by atoms with van der Waals surface area (Å²) < 4.78 is 10.7. The summed E-state index contributed by atoms with van der Waals surface area (Å²) in [6.45, 7) is 0.433. The topological polar surface area (TPSA) is 105 Å². The standard InChI is InChI=1S/C22H20N2O6/c25-20(15-5-2-1-3-6-15)23-16(21(26)24-10-4-7-17(24)22(27)28)11-14-8-9-18-19(12-14)30-13-29-18/h1-3,5-6,8-9,11-12,17H,4,7,10,13H2,(H,23,25)(H,27,28). The van der Waals surface area contributed by atoms with Crippen molar-refractivity contribution < 1.29 is 29.0 Å². The minimum absolute atomic E-state index is 0.00383. The molecule has 2 aliphatic heterocycles. The molecular formula is C22H20N2O6. The number of carboxylic acids is 1. The fourth-order valence-electron chi connectivity index (χ4n) is 3.53. The molecule has 2 N–H and O–H groups in total. The van der Waals surface area contributed by atoms with E-state index in [1.54, 1.807) is 48.5 Å². The molecule has 8 heteroatoms. The lowest BCUT2D eigenvalue weighted by atomic mass is 10.1. The zero-order chi connectivity index (χ0) is 21.1. The van der Waals surface area contributed by atoms with Crippen LogP contribution in [0.5, 0.6) is 11.5 Å². The van der Waals surface area contributed by atoms with Crippen molar-refractivity contribution >= 4 is 23.9 Å². The number of nitrogens with zero attached hydrogens (tertiary/aromatic N) is 1. The van der Waals surface area contributed by atoms with E-state index in [9.17, 15) is 19.5 Å². The summed E-state index contributed by atoms with van der Waals surface area (Å²) in [5.74, 6) is -0.921. The van der Waals surface area contributed by atoms with Crippen molar-refractivity contribution in [2.45, 2.75) is 18.9 Å². The maximum Gasteiger partial charge on any atom is 0.326 e. The molecule has 2 aromatic rings. The first kappa shape index (κ1) is 19.5. The van der Waals surface area contributed by atoms with Gasteiger partial charge in [0.15, 0.2) is 11.5 Å². The van der Waals surface area contributed by atoms with Crippen molar-refractivity contribution in [3.05, 3.63) is 65.4 Å². The van der Waals surface area contributed by atoms with Crippen LogP contribution >= 0.6 is 0 Å². The van der Waals surface area contributed by atoms with Crippen LogP contribution in [0.1, 0.15) is 28.8 Å². The highest BCUT2D eigenvalue weighted by Crippen LogP contribution is 2.33. The zero-order valence-corrected chi connectivity index (χ0v) is 16.0. The van der Waals surface area contributed by atoms with Gasteiger partial charge in [-0.3, -0.25) is 9.59 Å². The fraction of sp³-hybridized carbons (Fsp3) is 0.227. The van der Waals surface area contributed by atoms with Crippen molar-refractivity contribution in [2.24, 2.45) is 0 Å². The van der Waals surface area contributed by atoms with Gasteiger partial charge in [0, 0.05) is 12.1 Å². The molecule has 1 atom stereocenters. The molecule has 0 saturated carbocycles. The molecule has 4 rings (SSSR count). The Labute approximate surface area is 172 Å². The molecule has 1 saturated heterocycles. The van der Waals surface area contributed by atoms with Gasteiger partial charge < -0.3 is 24.8 Å². The van der Waals surface area contributed by atoms with E-state index in [4.69, 9.17) is 9.47 Å². The molecule has 30 heavy (non-hydrogen) atoms. The summed E-state index contributed by atoms with van der Waals surface area (Å²) in [4.78, 5) is 38.7. The molecule has 8 nitrogen and oxygen atoms in total. The number of amides is 2. The van der Waals surface area contributed by atoms with Crippen LogP contribution in [0.2, 0.25) is 0 Å².